The van der Waals surface area contributed by atoms with E-state index in [2.05, 4.69) is 5.32 Å². The van der Waals surface area contributed by atoms with E-state index < -0.39 is 12.0 Å². The molecule has 7 heteroatoms. The van der Waals surface area contributed by atoms with E-state index in [1.807, 2.05) is 0 Å². The number of nitrogens with one attached hydrogen (secondary N) is 1. The van der Waals surface area contributed by atoms with Gasteiger partial charge in [0.05, 0.1) is 0 Å². The predicted molar refractivity (Wildman–Crippen MR) is 85.0 cm³/mol. The topological polar surface area (TPSA) is 86.7 Å². The molecule has 0 spiro atoms. The van der Waals surface area contributed by atoms with Gasteiger partial charge in [-0.2, -0.15) is 0 Å². The third-order valence-corrected chi connectivity index (χ3v) is 4.11. The third-order valence-electron chi connectivity index (χ3n) is 3.76. The molecule has 2 rings (SSSR count). The molecule has 0 bridgehead atoms. The van der Waals surface area contributed by atoms with Crippen LogP contribution in [0.15, 0.2) is 24.3 Å². The monoisotopic (exact) mass is 338 g/mol. The van der Waals surface area contributed by atoms with Gasteiger partial charge in [0.15, 0.2) is 0 Å². The second kappa shape index (κ2) is 7.97. The van der Waals surface area contributed by atoms with Gasteiger partial charge in [-0.05, 0) is 18.9 Å². The fraction of sp³-hybridized carbons (Fsp3) is 0.438. The van der Waals surface area contributed by atoms with E-state index in [0.29, 0.717) is 36.5 Å². The molecule has 0 saturated carbocycles. The lowest BCUT2D eigenvalue weighted by Gasteiger charge is -2.35. The molecule has 124 valence electrons. The van der Waals surface area contributed by atoms with Crippen LogP contribution in [0.5, 0.6) is 0 Å². The Kier molecular flexibility index (Phi) is 5.98. The molecular formula is C16H19ClN2O4. The van der Waals surface area contributed by atoms with Gasteiger partial charge in [-0.15, -0.1) is 0 Å². The Morgan fingerprint density at radius 1 is 1.26 bits per heavy atom. The number of nitrogens with zero attached hydrogens (tertiary/aromatic N) is 1. The minimum absolute atomic E-state index is 0.0434. The summed E-state index contributed by atoms with van der Waals surface area (Å²) in [6, 6.07) is 6.24. The minimum atomic E-state index is -0.872. The molecule has 1 aromatic carbocycles. The van der Waals surface area contributed by atoms with E-state index >= 15 is 0 Å². The molecule has 0 radical (unpaired) electrons. The molecule has 1 atom stereocenters. The second-order valence-electron chi connectivity index (χ2n) is 5.40. The molecule has 1 aliphatic heterocycles. The maximum Gasteiger partial charge on any atom is 0.303 e. The van der Waals surface area contributed by atoms with Crippen LogP contribution in [0, 0.1) is 0 Å². The molecule has 1 aliphatic rings. The minimum Gasteiger partial charge on any atom is -0.481 e. The van der Waals surface area contributed by atoms with Crippen molar-refractivity contribution < 1.29 is 19.5 Å². The van der Waals surface area contributed by atoms with Crippen LogP contribution in [-0.4, -0.2) is 40.9 Å². The Balaban J connectivity index is 2.08. The highest BCUT2D eigenvalue weighted by atomic mass is 35.5. The molecule has 0 aromatic heterocycles. The van der Waals surface area contributed by atoms with Gasteiger partial charge in [-0.1, -0.05) is 29.8 Å². The number of piperazine rings is 1. The molecule has 1 fully saturated rings. The van der Waals surface area contributed by atoms with Crippen LogP contribution < -0.4 is 5.32 Å². The molecule has 6 nitrogen and oxygen atoms in total. The summed E-state index contributed by atoms with van der Waals surface area (Å²) in [6.45, 7) is 0.819. The van der Waals surface area contributed by atoms with Gasteiger partial charge >= 0.3 is 5.97 Å². The lowest BCUT2D eigenvalue weighted by Crippen LogP contribution is -2.52. The number of carbonyl (C=O) groups excluding carboxylic acids is 2. The van der Waals surface area contributed by atoms with Crippen molar-refractivity contribution in [1.29, 1.82) is 0 Å². The van der Waals surface area contributed by atoms with Crippen LogP contribution in [0.25, 0.3) is 0 Å². The summed E-state index contributed by atoms with van der Waals surface area (Å²) in [5.74, 6) is -1.28. The summed E-state index contributed by atoms with van der Waals surface area (Å²) in [5, 5.41) is 11.8. The highest BCUT2D eigenvalue weighted by Gasteiger charge is 2.35. The average molecular weight is 339 g/mol. The molecule has 2 amide bonds. The molecule has 0 unspecified atom stereocenters. The van der Waals surface area contributed by atoms with Crippen LogP contribution in [0.4, 0.5) is 0 Å². The van der Waals surface area contributed by atoms with Crippen molar-refractivity contribution in [3.05, 3.63) is 34.9 Å². The Morgan fingerprint density at radius 2 is 1.96 bits per heavy atom. The number of rotatable bonds is 6. The van der Waals surface area contributed by atoms with Crippen molar-refractivity contribution in [2.45, 2.75) is 31.7 Å². The van der Waals surface area contributed by atoms with Crippen LogP contribution in [0.1, 0.15) is 37.3 Å². The van der Waals surface area contributed by atoms with Crippen LogP contribution >= 0.6 is 11.6 Å². The van der Waals surface area contributed by atoms with Gasteiger partial charge in [-0.3, -0.25) is 14.4 Å². The predicted octanol–water partition coefficient (Wildman–Crippen LogP) is 1.98. The number of carboxylic acid groups (broad SMARTS) is 1. The van der Waals surface area contributed by atoms with Crippen molar-refractivity contribution in [1.82, 2.24) is 10.2 Å². The number of benzene rings is 1. The number of unbranched alkanes of at least 4 members (excludes halogenated alkanes) is 1. The Hall–Kier alpha value is -2.08. The zero-order valence-electron chi connectivity index (χ0n) is 12.6. The van der Waals surface area contributed by atoms with Crippen molar-refractivity contribution in [2.24, 2.45) is 0 Å². The van der Waals surface area contributed by atoms with Gasteiger partial charge in [0.2, 0.25) is 11.8 Å². The summed E-state index contributed by atoms with van der Waals surface area (Å²) in [5.41, 5.74) is 0.602. The number of carboxylic acids is 1. The smallest absolute Gasteiger partial charge is 0.303 e. The van der Waals surface area contributed by atoms with Gasteiger partial charge in [0.25, 0.3) is 0 Å². The first-order chi connectivity index (χ1) is 11.0. The molecule has 1 aromatic rings. The SMILES string of the molecule is O=C(O)CCCCC(=O)N1CCNC(=O)[C@H]1c1ccccc1Cl. The Labute approximate surface area is 139 Å². The second-order valence-corrected chi connectivity index (χ2v) is 5.81. The van der Waals surface area contributed by atoms with E-state index in [-0.39, 0.29) is 24.7 Å². The van der Waals surface area contributed by atoms with E-state index in [1.165, 1.54) is 4.90 Å². The molecule has 1 saturated heterocycles. The first-order valence-corrected chi connectivity index (χ1v) is 7.92. The van der Waals surface area contributed by atoms with Gasteiger partial charge < -0.3 is 15.3 Å². The van der Waals surface area contributed by atoms with E-state index in [0.717, 1.165) is 0 Å². The summed E-state index contributed by atoms with van der Waals surface area (Å²) in [4.78, 5) is 36.7. The lowest BCUT2D eigenvalue weighted by molar-refractivity contribution is -0.143. The Morgan fingerprint density at radius 3 is 2.65 bits per heavy atom. The van der Waals surface area contributed by atoms with Crippen molar-refractivity contribution in [2.75, 3.05) is 13.1 Å². The summed E-state index contributed by atoms with van der Waals surface area (Å²) in [6.07, 6.45) is 1.19. The fourth-order valence-electron chi connectivity index (χ4n) is 2.64. The van der Waals surface area contributed by atoms with Gasteiger partial charge in [-0.25, -0.2) is 0 Å². The average Bonchev–Trinajstić information content (AvgIpc) is 2.52. The Bertz CT molecular complexity index is 605. The van der Waals surface area contributed by atoms with Gasteiger partial charge in [0, 0.05) is 36.5 Å². The van der Waals surface area contributed by atoms with E-state index in [1.54, 1.807) is 24.3 Å². The highest BCUT2D eigenvalue weighted by molar-refractivity contribution is 6.31. The maximum atomic E-state index is 12.4. The van der Waals surface area contributed by atoms with Crippen LogP contribution in [0.2, 0.25) is 5.02 Å². The highest BCUT2D eigenvalue weighted by Crippen LogP contribution is 2.29. The van der Waals surface area contributed by atoms with Crippen molar-refractivity contribution in [3.8, 4) is 0 Å². The van der Waals surface area contributed by atoms with Crippen molar-refractivity contribution >= 4 is 29.4 Å². The quantitative estimate of drug-likeness (QED) is 0.776. The molecule has 0 aliphatic carbocycles. The summed E-state index contributed by atoms with van der Waals surface area (Å²) >= 11 is 6.17. The summed E-state index contributed by atoms with van der Waals surface area (Å²) in [7, 11) is 0. The number of hydrogen-bond acceptors (Lipinski definition) is 3. The number of aliphatic carboxylic acids is 1. The standard InChI is InChI=1S/C16H19ClN2O4/c17-12-6-2-1-5-11(12)15-16(23)18-9-10-19(15)13(20)7-3-4-8-14(21)22/h1-2,5-6,15H,3-4,7-10H2,(H,18,23)(H,21,22)/t15-/m1/s1. The first-order valence-electron chi connectivity index (χ1n) is 7.54. The normalized spacial score (nSPS) is 17.7. The van der Waals surface area contributed by atoms with Crippen LogP contribution in [0.3, 0.4) is 0 Å². The summed E-state index contributed by atoms with van der Waals surface area (Å²) < 4.78 is 0. The first kappa shape index (κ1) is 17.3. The molecule has 1 heterocycles. The lowest BCUT2D eigenvalue weighted by atomic mass is 10.0. The number of hydrogen-bond donors (Lipinski definition) is 2. The molecular weight excluding hydrogens is 320 g/mol. The van der Waals surface area contributed by atoms with Crippen LogP contribution in [-0.2, 0) is 14.4 Å². The number of carbonyl (C=O) groups is 3. The molecule has 2 N–H and O–H groups in total. The van der Waals surface area contributed by atoms with E-state index in [9.17, 15) is 14.4 Å². The number of amides is 2. The fourth-order valence-corrected chi connectivity index (χ4v) is 2.88. The largest absolute Gasteiger partial charge is 0.481 e. The van der Waals surface area contributed by atoms with E-state index in [4.69, 9.17) is 16.7 Å². The van der Waals surface area contributed by atoms with Gasteiger partial charge in [0.1, 0.15) is 6.04 Å². The van der Waals surface area contributed by atoms with Crippen molar-refractivity contribution in [3.63, 3.8) is 0 Å². The third kappa shape index (κ3) is 4.45. The zero-order valence-corrected chi connectivity index (χ0v) is 13.4. The molecule has 23 heavy (non-hydrogen) atoms. The maximum absolute atomic E-state index is 12.4. The zero-order chi connectivity index (χ0) is 16.8. The number of halogens is 1.